The molecule has 1 aliphatic carbocycles. The highest BCUT2D eigenvalue weighted by Gasteiger charge is 2.45. The number of halogens is 1. The second-order valence-electron chi connectivity index (χ2n) is 16.2. The van der Waals surface area contributed by atoms with Gasteiger partial charge in [0.1, 0.15) is 23.7 Å². The van der Waals surface area contributed by atoms with Crippen LogP contribution in [0.1, 0.15) is 89.0 Å². The normalized spacial score (nSPS) is 22.9. The van der Waals surface area contributed by atoms with Crippen molar-refractivity contribution >= 4 is 63.6 Å². The Balaban J connectivity index is 0.780. The van der Waals surface area contributed by atoms with Gasteiger partial charge in [-0.1, -0.05) is 12.8 Å². The summed E-state index contributed by atoms with van der Waals surface area (Å²) in [5.74, 6) is -1.79. The Hall–Kier alpha value is -6.10. The molecule has 4 aliphatic heterocycles. The highest BCUT2D eigenvalue weighted by molar-refractivity contribution is 6.23. The topological polar surface area (TPSA) is 183 Å². The van der Waals surface area contributed by atoms with Crippen LogP contribution in [0.25, 0.3) is 11.0 Å². The van der Waals surface area contributed by atoms with Gasteiger partial charge in [-0.05, 0) is 69.0 Å². The predicted molar refractivity (Wildman–Crippen MR) is 216 cm³/mol. The summed E-state index contributed by atoms with van der Waals surface area (Å²) in [6, 6.07) is 9.29. The molecule has 3 atom stereocenters. The maximum absolute atomic E-state index is 15.8. The minimum Gasteiger partial charge on any atom is -0.369 e. The second kappa shape index (κ2) is 15.6. The lowest BCUT2D eigenvalue weighted by Gasteiger charge is -2.41. The van der Waals surface area contributed by atoms with Gasteiger partial charge in [-0.3, -0.25) is 48.5 Å². The number of carbonyl (C=O) groups is 5. The van der Waals surface area contributed by atoms with Crippen molar-refractivity contribution in [2.24, 2.45) is 5.92 Å². The molecule has 0 bridgehead atoms. The van der Waals surface area contributed by atoms with Crippen molar-refractivity contribution in [2.45, 2.75) is 70.1 Å². The molecule has 59 heavy (non-hydrogen) atoms. The molecule has 0 spiro atoms. The minimum absolute atomic E-state index is 0.00876. The minimum atomic E-state index is -1.09. The Morgan fingerprint density at radius 3 is 2.32 bits per heavy atom. The predicted octanol–water partition coefficient (Wildman–Crippen LogP) is 3.64. The molecule has 3 aromatic heterocycles. The highest BCUT2D eigenvalue weighted by atomic mass is 19.1. The van der Waals surface area contributed by atoms with Gasteiger partial charge in [0, 0.05) is 81.5 Å². The lowest BCUT2D eigenvalue weighted by Crippen LogP contribution is -2.54. The van der Waals surface area contributed by atoms with Crippen molar-refractivity contribution in [3.63, 3.8) is 0 Å². The molecule has 7 heterocycles. The number of ketones is 1. The van der Waals surface area contributed by atoms with Gasteiger partial charge in [-0.15, -0.1) is 0 Å². The van der Waals surface area contributed by atoms with E-state index in [1.54, 1.807) is 41.2 Å². The fourth-order valence-corrected chi connectivity index (χ4v) is 9.26. The number of hydrogen-bond donors (Lipinski definition) is 2. The van der Waals surface area contributed by atoms with Crippen molar-refractivity contribution < 1.29 is 28.4 Å². The van der Waals surface area contributed by atoms with Gasteiger partial charge in [0.15, 0.2) is 5.78 Å². The van der Waals surface area contributed by atoms with Crippen LogP contribution in [0.2, 0.25) is 0 Å². The standard InChI is InChI=1S/C42H45FN10O6/c1-24(54)31-18-26-20-45-42(48-37(26)52(40(31)58)27-4-2-3-5-27)46-35-10-7-29(21-44-35)50-16-14-49(15-17-50)22-25-12-13-51(23-33(25)43)28-6-8-30-32(19-28)41(59)53(39(30)57)34-9-11-36(55)47-38(34)56/h6-8,10,18-21,25,27,33-34H,2-5,9,11-17,22-23H2,1H3,(H,47,55,56)(H,44,45,46,48). The molecule has 4 aromatic rings. The number of benzene rings is 1. The number of piperazine rings is 1. The van der Waals surface area contributed by atoms with Gasteiger partial charge < -0.3 is 15.1 Å². The number of amides is 4. The quantitative estimate of drug-likeness (QED) is 0.185. The van der Waals surface area contributed by atoms with Crippen LogP contribution in [-0.2, 0) is 9.59 Å². The fraction of sp³-hybridized carbons (Fsp3) is 0.452. The van der Waals surface area contributed by atoms with Gasteiger partial charge in [-0.25, -0.2) is 14.4 Å². The van der Waals surface area contributed by atoms with Crippen LogP contribution in [0.5, 0.6) is 0 Å². The molecule has 9 rings (SSSR count). The Morgan fingerprint density at radius 2 is 1.61 bits per heavy atom. The molecule has 306 valence electrons. The molecule has 1 saturated carbocycles. The molecule has 0 radical (unpaired) electrons. The number of pyridine rings is 2. The Kier molecular flexibility index (Phi) is 10.1. The summed E-state index contributed by atoms with van der Waals surface area (Å²) in [5, 5.41) is 6.01. The number of fused-ring (bicyclic) bond motifs is 2. The van der Waals surface area contributed by atoms with E-state index in [2.05, 4.69) is 30.4 Å². The van der Waals surface area contributed by atoms with Gasteiger partial charge in [0.2, 0.25) is 17.8 Å². The molecule has 4 fully saturated rings. The first-order valence-corrected chi connectivity index (χ1v) is 20.4. The number of alkyl halides is 1. The summed E-state index contributed by atoms with van der Waals surface area (Å²) in [6.45, 7) is 5.87. The van der Waals surface area contributed by atoms with Crippen LogP contribution in [0.3, 0.4) is 0 Å². The van der Waals surface area contributed by atoms with Crippen LogP contribution >= 0.6 is 0 Å². The maximum atomic E-state index is 15.8. The number of aromatic nitrogens is 4. The summed E-state index contributed by atoms with van der Waals surface area (Å²) in [5.41, 5.74) is 2.34. The number of Topliss-reactive ketones (excluding diaryl/α,β-unsaturated/α-hetero) is 1. The molecule has 3 saturated heterocycles. The van der Waals surface area contributed by atoms with E-state index in [0.29, 0.717) is 48.0 Å². The van der Waals surface area contributed by atoms with Gasteiger partial charge >= 0.3 is 0 Å². The summed E-state index contributed by atoms with van der Waals surface area (Å²) >= 11 is 0. The van der Waals surface area contributed by atoms with Crippen molar-refractivity contribution in [2.75, 3.05) is 60.9 Å². The van der Waals surface area contributed by atoms with Crippen molar-refractivity contribution in [1.82, 2.24) is 34.6 Å². The van der Waals surface area contributed by atoms with E-state index in [0.717, 1.165) is 62.4 Å². The molecule has 1 aromatic carbocycles. The first-order valence-electron chi connectivity index (χ1n) is 20.4. The first-order chi connectivity index (χ1) is 28.5. The van der Waals surface area contributed by atoms with Crippen molar-refractivity contribution in [3.05, 3.63) is 75.8 Å². The Morgan fingerprint density at radius 1 is 0.847 bits per heavy atom. The van der Waals surface area contributed by atoms with Crippen LogP contribution < -0.4 is 26.0 Å². The third-order valence-electron chi connectivity index (χ3n) is 12.5. The number of hydrogen-bond acceptors (Lipinski definition) is 13. The second-order valence-corrected chi connectivity index (χ2v) is 16.2. The summed E-state index contributed by atoms with van der Waals surface area (Å²) < 4.78 is 17.4. The fourth-order valence-electron chi connectivity index (χ4n) is 9.26. The number of imide groups is 2. The van der Waals surface area contributed by atoms with Crippen molar-refractivity contribution in [1.29, 1.82) is 0 Å². The molecule has 3 unspecified atom stereocenters. The van der Waals surface area contributed by atoms with Crippen LogP contribution in [0.15, 0.2) is 53.6 Å². The van der Waals surface area contributed by atoms with E-state index >= 15 is 4.39 Å². The average molecular weight is 805 g/mol. The van der Waals surface area contributed by atoms with Crippen molar-refractivity contribution in [3.8, 4) is 0 Å². The number of rotatable bonds is 9. The lowest BCUT2D eigenvalue weighted by molar-refractivity contribution is -0.136. The number of nitrogens with zero attached hydrogens (tertiary/aromatic N) is 8. The number of piperidine rings is 2. The maximum Gasteiger partial charge on any atom is 0.263 e. The van der Waals surface area contributed by atoms with E-state index in [4.69, 9.17) is 4.98 Å². The highest BCUT2D eigenvalue weighted by Crippen LogP contribution is 2.34. The van der Waals surface area contributed by atoms with E-state index in [1.165, 1.54) is 6.92 Å². The number of anilines is 4. The molecular weight excluding hydrogens is 760 g/mol. The largest absolute Gasteiger partial charge is 0.369 e. The first kappa shape index (κ1) is 38.4. The molecular formula is C42H45FN10O6. The molecule has 4 amide bonds. The summed E-state index contributed by atoms with van der Waals surface area (Å²) in [4.78, 5) is 97.3. The van der Waals surface area contributed by atoms with Gasteiger partial charge in [-0.2, -0.15) is 4.98 Å². The van der Waals surface area contributed by atoms with E-state index < -0.39 is 35.8 Å². The van der Waals surface area contributed by atoms with Crippen LogP contribution in [-0.4, -0.2) is 117 Å². The smallest absolute Gasteiger partial charge is 0.263 e. The third-order valence-corrected chi connectivity index (χ3v) is 12.5. The summed E-state index contributed by atoms with van der Waals surface area (Å²) in [6.07, 6.45) is 6.88. The Labute approximate surface area is 338 Å². The molecule has 2 N–H and O–H groups in total. The van der Waals surface area contributed by atoms with E-state index in [9.17, 15) is 28.8 Å². The number of carbonyl (C=O) groups excluding carboxylic acids is 5. The molecule has 5 aliphatic rings. The molecule has 17 heteroatoms. The zero-order valence-electron chi connectivity index (χ0n) is 32.7. The third kappa shape index (κ3) is 7.32. The van der Waals surface area contributed by atoms with Crippen LogP contribution in [0.4, 0.5) is 27.5 Å². The van der Waals surface area contributed by atoms with Crippen LogP contribution in [0, 0.1) is 5.92 Å². The molecule has 16 nitrogen and oxygen atoms in total. The van der Waals surface area contributed by atoms with E-state index in [1.807, 2.05) is 17.0 Å². The Bertz CT molecular complexity index is 2430. The SMILES string of the molecule is CC(=O)c1cc2cnc(Nc3ccc(N4CCN(CC5CCN(c6ccc7c(c6)C(=O)N(C6CCC(=O)NC6=O)C7=O)CC5F)CC4)cn3)nc2n(C2CCCC2)c1=O. The lowest BCUT2D eigenvalue weighted by atomic mass is 9.93. The van der Waals surface area contributed by atoms with Gasteiger partial charge in [0.05, 0.1) is 28.6 Å². The van der Waals surface area contributed by atoms with E-state index in [-0.39, 0.29) is 59.4 Å². The van der Waals surface area contributed by atoms with Gasteiger partial charge in [0.25, 0.3) is 17.4 Å². The average Bonchev–Trinajstić information content (AvgIpc) is 3.85. The summed E-state index contributed by atoms with van der Waals surface area (Å²) in [7, 11) is 0. The number of nitrogens with one attached hydrogen (secondary N) is 2. The monoisotopic (exact) mass is 804 g/mol. The zero-order chi connectivity index (χ0) is 40.9. The zero-order valence-corrected chi connectivity index (χ0v) is 32.7.